The Bertz CT molecular complexity index is 966. The van der Waals surface area contributed by atoms with Crippen LogP contribution in [0.4, 0.5) is 5.69 Å². The lowest BCUT2D eigenvalue weighted by molar-refractivity contribution is -0.116. The number of anilines is 1. The Balaban J connectivity index is 1.69. The Labute approximate surface area is 151 Å². The van der Waals surface area contributed by atoms with Crippen molar-refractivity contribution in [3.8, 4) is 5.75 Å². The lowest BCUT2D eigenvalue weighted by Gasteiger charge is -2.13. The predicted octanol–water partition coefficient (Wildman–Crippen LogP) is 3.21. The summed E-state index contributed by atoms with van der Waals surface area (Å²) in [6.07, 6.45) is 2.42. The molecule has 0 aliphatic rings. The van der Waals surface area contributed by atoms with Gasteiger partial charge in [-0.2, -0.15) is 5.10 Å². The number of aryl methyl sites for hydroxylation is 1. The number of rotatable bonds is 7. The summed E-state index contributed by atoms with van der Waals surface area (Å²) in [6, 6.07) is 14.6. The minimum absolute atomic E-state index is 0.122. The van der Waals surface area contributed by atoms with Crippen LogP contribution in [0.15, 0.2) is 59.5 Å². The second-order valence-electron chi connectivity index (χ2n) is 5.89. The number of carbonyl (C=O) groups is 1. The van der Waals surface area contributed by atoms with Crippen LogP contribution in [-0.2, 0) is 11.3 Å². The molecule has 3 aromatic rings. The average molecular weight is 351 g/mol. The summed E-state index contributed by atoms with van der Waals surface area (Å²) < 4.78 is 7.33. The third-order valence-electron chi connectivity index (χ3n) is 3.94. The van der Waals surface area contributed by atoms with Gasteiger partial charge < -0.3 is 10.1 Å². The van der Waals surface area contributed by atoms with Gasteiger partial charge in [0.05, 0.1) is 30.6 Å². The molecule has 1 N–H and O–H groups in total. The average Bonchev–Trinajstić information content (AvgIpc) is 2.67. The van der Waals surface area contributed by atoms with E-state index in [1.54, 1.807) is 10.7 Å². The van der Waals surface area contributed by atoms with Gasteiger partial charge in [-0.3, -0.25) is 14.3 Å². The Morgan fingerprint density at radius 3 is 2.77 bits per heavy atom. The van der Waals surface area contributed by atoms with Gasteiger partial charge in [-0.1, -0.05) is 31.2 Å². The van der Waals surface area contributed by atoms with Gasteiger partial charge in [-0.25, -0.2) is 0 Å². The molecule has 0 aliphatic carbocycles. The van der Waals surface area contributed by atoms with Crippen molar-refractivity contribution in [3.05, 3.63) is 65.0 Å². The molecular weight excluding hydrogens is 330 g/mol. The van der Waals surface area contributed by atoms with Gasteiger partial charge in [0, 0.05) is 11.8 Å². The standard InChI is InChI=1S/C20H21N3O3/c1-2-13-26-19-10-6-4-8-16(19)22-20(25)11-12-23-17-9-5-3-7-15(17)18(24)14-21-23/h3-10,14H,2,11-13H2,1H3,(H,22,25). The molecule has 2 aromatic carbocycles. The highest BCUT2D eigenvalue weighted by Crippen LogP contribution is 2.24. The van der Waals surface area contributed by atoms with Gasteiger partial charge in [-0.05, 0) is 30.7 Å². The van der Waals surface area contributed by atoms with Crippen molar-refractivity contribution >= 4 is 22.5 Å². The summed E-state index contributed by atoms with van der Waals surface area (Å²) in [5.41, 5.74) is 1.26. The first kappa shape index (κ1) is 17.7. The van der Waals surface area contributed by atoms with E-state index in [4.69, 9.17) is 4.74 Å². The zero-order valence-electron chi connectivity index (χ0n) is 14.6. The molecule has 134 valence electrons. The van der Waals surface area contributed by atoms with Crippen molar-refractivity contribution in [2.45, 2.75) is 26.3 Å². The molecule has 0 saturated carbocycles. The molecule has 0 aliphatic heterocycles. The number of benzene rings is 2. The van der Waals surface area contributed by atoms with Gasteiger partial charge in [0.1, 0.15) is 5.75 Å². The molecular formula is C20H21N3O3. The summed E-state index contributed by atoms with van der Waals surface area (Å²) in [6.45, 7) is 3.01. The van der Waals surface area contributed by atoms with E-state index in [1.807, 2.05) is 49.4 Å². The third kappa shape index (κ3) is 4.08. The van der Waals surface area contributed by atoms with E-state index in [0.717, 1.165) is 11.9 Å². The maximum absolute atomic E-state index is 12.3. The van der Waals surface area contributed by atoms with Crippen LogP contribution < -0.4 is 15.5 Å². The van der Waals surface area contributed by atoms with E-state index in [0.29, 0.717) is 30.0 Å². The van der Waals surface area contributed by atoms with Crippen molar-refractivity contribution in [2.24, 2.45) is 0 Å². The lowest BCUT2D eigenvalue weighted by atomic mass is 10.2. The Hall–Kier alpha value is -3.15. The fourth-order valence-corrected chi connectivity index (χ4v) is 2.67. The molecule has 0 spiro atoms. The number of nitrogens with zero attached hydrogens (tertiary/aromatic N) is 2. The molecule has 3 rings (SSSR count). The minimum Gasteiger partial charge on any atom is -0.491 e. The van der Waals surface area contributed by atoms with Crippen molar-refractivity contribution < 1.29 is 9.53 Å². The molecule has 26 heavy (non-hydrogen) atoms. The van der Waals surface area contributed by atoms with Crippen LogP contribution in [0.2, 0.25) is 0 Å². The summed E-state index contributed by atoms with van der Waals surface area (Å²) in [7, 11) is 0. The minimum atomic E-state index is -0.137. The lowest BCUT2D eigenvalue weighted by Crippen LogP contribution is -2.18. The van der Waals surface area contributed by atoms with Crippen LogP contribution in [0.5, 0.6) is 5.75 Å². The molecule has 0 fully saturated rings. The fraction of sp³-hybridized carbons (Fsp3) is 0.250. The zero-order valence-corrected chi connectivity index (χ0v) is 14.6. The molecule has 1 amide bonds. The highest BCUT2D eigenvalue weighted by molar-refractivity contribution is 5.92. The van der Waals surface area contributed by atoms with Gasteiger partial charge in [0.2, 0.25) is 11.3 Å². The molecule has 1 aromatic heterocycles. The second-order valence-corrected chi connectivity index (χ2v) is 5.89. The van der Waals surface area contributed by atoms with Crippen LogP contribution in [0.3, 0.4) is 0 Å². The molecule has 6 heteroatoms. The molecule has 0 atom stereocenters. The normalized spacial score (nSPS) is 10.7. The number of hydrogen-bond donors (Lipinski definition) is 1. The van der Waals surface area contributed by atoms with Crippen molar-refractivity contribution in [2.75, 3.05) is 11.9 Å². The number of carbonyl (C=O) groups excluding carboxylic acids is 1. The molecule has 6 nitrogen and oxygen atoms in total. The van der Waals surface area contributed by atoms with E-state index < -0.39 is 0 Å². The maximum Gasteiger partial charge on any atom is 0.226 e. The maximum atomic E-state index is 12.3. The topological polar surface area (TPSA) is 73.2 Å². The monoisotopic (exact) mass is 351 g/mol. The molecule has 1 heterocycles. The molecule has 0 saturated heterocycles. The van der Waals surface area contributed by atoms with E-state index in [9.17, 15) is 9.59 Å². The molecule has 0 bridgehead atoms. The van der Waals surface area contributed by atoms with Crippen LogP contribution in [0.1, 0.15) is 19.8 Å². The van der Waals surface area contributed by atoms with Crippen LogP contribution in [0.25, 0.3) is 10.9 Å². The van der Waals surface area contributed by atoms with Gasteiger partial charge in [0.15, 0.2) is 0 Å². The van der Waals surface area contributed by atoms with E-state index in [2.05, 4.69) is 10.4 Å². The van der Waals surface area contributed by atoms with Crippen LogP contribution in [-0.4, -0.2) is 22.3 Å². The van der Waals surface area contributed by atoms with E-state index in [-0.39, 0.29) is 17.8 Å². The van der Waals surface area contributed by atoms with E-state index >= 15 is 0 Å². The van der Waals surface area contributed by atoms with Crippen LogP contribution >= 0.6 is 0 Å². The number of ether oxygens (including phenoxy) is 1. The highest BCUT2D eigenvalue weighted by Gasteiger charge is 2.09. The number of nitrogens with one attached hydrogen (secondary N) is 1. The number of amides is 1. The largest absolute Gasteiger partial charge is 0.491 e. The summed E-state index contributed by atoms with van der Waals surface area (Å²) >= 11 is 0. The first-order valence-corrected chi connectivity index (χ1v) is 8.65. The van der Waals surface area contributed by atoms with Crippen molar-refractivity contribution in [1.82, 2.24) is 9.78 Å². The first-order chi connectivity index (χ1) is 12.7. The quantitative estimate of drug-likeness (QED) is 0.709. The Kier molecular flexibility index (Phi) is 5.63. The van der Waals surface area contributed by atoms with Crippen molar-refractivity contribution in [1.29, 1.82) is 0 Å². The summed E-state index contributed by atoms with van der Waals surface area (Å²) in [4.78, 5) is 24.2. The van der Waals surface area contributed by atoms with Crippen LogP contribution in [0, 0.1) is 0 Å². The Morgan fingerprint density at radius 1 is 1.15 bits per heavy atom. The van der Waals surface area contributed by atoms with Gasteiger partial charge in [0.25, 0.3) is 0 Å². The zero-order chi connectivity index (χ0) is 18.4. The smallest absolute Gasteiger partial charge is 0.226 e. The summed E-state index contributed by atoms with van der Waals surface area (Å²) in [5.74, 6) is 0.525. The predicted molar refractivity (Wildman–Crippen MR) is 101 cm³/mol. The number of aromatic nitrogens is 2. The van der Waals surface area contributed by atoms with E-state index in [1.165, 1.54) is 6.20 Å². The SMILES string of the molecule is CCCOc1ccccc1NC(=O)CCn1ncc(=O)c2ccccc21. The number of para-hydroxylation sites is 3. The second kappa shape index (κ2) is 8.29. The number of fused-ring (bicyclic) bond motifs is 1. The van der Waals surface area contributed by atoms with Gasteiger partial charge in [-0.15, -0.1) is 0 Å². The molecule has 0 radical (unpaired) electrons. The fourth-order valence-electron chi connectivity index (χ4n) is 2.67. The Morgan fingerprint density at radius 2 is 1.92 bits per heavy atom. The first-order valence-electron chi connectivity index (χ1n) is 8.65. The summed E-state index contributed by atoms with van der Waals surface area (Å²) in [5, 5.41) is 7.62. The van der Waals surface area contributed by atoms with Crippen molar-refractivity contribution in [3.63, 3.8) is 0 Å². The molecule has 0 unspecified atom stereocenters. The number of hydrogen-bond acceptors (Lipinski definition) is 4. The highest BCUT2D eigenvalue weighted by atomic mass is 16.5. The third-order valence-corrected chi connectivity index (χ3v) is 3.94. The van der Waals surface area contributed by atoms with Gasteiger partial charge >= 0.3 is 0 Å².